The van der Waals surface area contributed by atoms with E-state index in [0.717, 1.165) is 16.7 Å². The number of amides is 1. The molecule has 7 nitrogen and oxygen atoms in total. The van der Waals surface area contributed by atoms with E-state index in [-0.39, 0.29) is 5.91 Å². The molecule has 0 aliphatic carbocycles. The van der Waals surface area contributed by atoms with Gasteiger partial charge >= 0.3 is 5.97 Å². The largest absolute Gasteiger partial charge is 0.465 e. The van der Waals surface area contributed by atoms with E-state index in [4.69, 9.17) is 4.42 Å². The van der Waals surface area contributed by atoms with Crippen LogP contribution in [-0.2, 0) is 11.3 Å². The summed E-state index contributed by atoms with van der Waals surface area (Å²) < 4.78 is 10.4. The van der Waals surface area contributed by atoms with Crippen molar-refractivity contribution < 1.29 is 18.7 Å². The first-order valence-corrected chi connectivity index (χ1v) is 9.59. The molecule has 1 amide bonds. The van der Waals surface area contributed by atoms with Crippen LogP contribution in [0.4, 0.5) is 0 Å². The van der Waals surface area contributed by atoms with Crippen molar-refractivity contribution in [3.8, 4) is 22.9 Å². The van der Waals surface area contributed by atoms with Crippen LogP contribution in [0.2, 0.25) is 0 Å². The Morgan fingerprint density at radius 1 is 0.806 bits per heavy atom. The first-order chi connectivity index (χ1) is 15.1. The molecule has 0 fully saturated rings. The van der Waals surface area contributed by atoms with Gasteiger partial charge in [0.15, 0.2) is 0 Å². The Kier molecular flexibility index (Phi) is 5.84. The van der Waals surface area contributed by atoms with E-state index in [2.05, 4.69) is 20.3 Å². The quantitative estimate of drug-likeness (QED) is 0.478. The predicted molar refractivity (Wildman–Crippen MR) is 114 cm³/mol. The van der Waals surface area contributed by atoms with Gasteiger partial charge in [0.25, 0.3) is 5.91 Å². The zero-order chi connectivity index (χ0) is 21.6. The number of rotatable bonds is 6. The fraction of sp³-hybridized carbons (Fsp3) is 0.0833. The molecule has 1 N–H and O–H groups in total. The summed E-state index contributed by atoms with van der Waals surface area (Å²) in [6.45, 7) is 0.339. The minimum absolute atomic E-state index is 0.209. The summed E-state index contributed by atoms with van der Waals surface area (Å²) in [4.78, 5) is 23.9. The number of hydrogen-bond acceptors (Lipinski definition) is 6. The molecular weight excluding hydrogens is 394 g/mol. The van der Waals surface area contributed by atoms with Crippen molar-refractivity contribution in [3.63, 3.8) is 0 Å². The van der Waals surface area contributed by atoms with Crippen LogP contribution in [0, 0.1) is 0 Å². The molecule has 31 heavy (non-hydrogen) atoms. The molecule has 1 heterocycles. The second-order valence-electron chi connectivity index (χ2n) is 6.73. The molecule has 1 aromatic heterocycles. The average Bonchev–Trinajstić information content (AvgIpc) is 3.33. The van der Waals surface area contributed by atoms with Crippen molar-refractivity contribution in [2.45, 2.75) is 6.54 Å². The molecule has 4 rings (SSSR count). The van der Waals surface area contributed by atoms with Gasteiger partial charge in [0.1, 0.15) is 0 Å². The Hall–Kier alpha value is -4.26. The first-order valence-electron chi connectivity index (χ1n) is 9.59. The standard InChI is InChI=1S/C24H19N3O4/c1-30-24(29)20-9-7-16(8-10-20)15-25-21(28)17-11-13-19(14-12-17)23-27-26-22(31-23)18-5-3-2-4-6-18/h2-14H,15H2,1H3,(H,25,28). The number of methoxy groups -OCH3 is 1. The second-order valence-corrected chi connectivity index (χ2v) is 6.73. The molecule has 0 saturated carbocycles. The maximum atomic E-state index is 12.4. The van der Waals surface area contributed by atoms with Crippen LogP contribution in [0.15, 0.2) is 83.3 Å². The predicted octanol–water partition coefficient (Wildman–Crippen LogP) is 4.12. The minimum Gasteiger partial charge on any atom is -0.465 e. The number of carbonyl (C=O) groups is 2. The summed E-state index contributed by atoms with van der Waals surface area (Å²) in [6, 6.07) is 23.3. The van der Waals surface area contributed by atoms with Crippen LogP contribution < -0.4 is 5.32 Å². The van der Waals surface area contributed by atoms with Crippen molar-refractivity contribution in [2.24, 2.45) is 0 Å². The Labute approximate surface area is 178 Å². The van der Waals surface area contributed by atoms with E-state index < -0.39 is 5.97 Å². The van der Waals surface area contributed by atoms with Crippen LogP contribution in [0.3, 0.4) is 0 Å². The first kappa shape index (κ1) is 20.0. The SMILES string of the molecule is COC(=O)c1ccc(CNC(=O)c2ccc(-c3nnc(-c4ccccc4)o3)cc2)cc1. The van der Waals surface area contributed by atoms with Crippen molar-refractivity contribution in [2.75, 3.05) is 7.11 Å². The molecule has 0 unspecified atom stereocenters. The number of aromatic nitrogens is 2. The molecule has 0 aliphatic heterocycles. The van der Waals surface area contributed by atoms with E-state index >= 15 is 0 Å². The third kappa shape index (κ3) is 4.67. The zero-order valence-electron chi connectivity index (χ0n) is 16.7. The van der Waals surface area contributed by atoms with Crippen LogP contribution >= 0.6 is 0 Å². The third-order valence-electron chi connectivity index (χ3n) is 4.67. The molecule has 154 valence electrons. The van der Waals surface area contributed by atoms with E-state index in [0.29, 0.717) is 29.5 Å². The normalized spacial score (nSPS) is 10.5. The monoisotopic (exact) mass is 413 g/mol. The number of ether oxygens (including phenoxy) is 1. The highest BCUT2D eigenvalue weighted by Gasteiger charge is 2.12. The number of nitrogens with one attached hydrogen (secondary N) is 1. The lowest BCUT2D eigenvalue weighted by atomic mass is 10.1. The molecule has 0 radical (unpaired) electrons. The number of hydrogen-bond donors (Lipinski definition) is 1. The maximum absolute atomic E-state index is 12.4. The summed E-state index contributed by atoms with van der Waals surface area (Å²) >= 11 is 0. The van der Waals surface area contributed by atoms with Gasteiger partial charge in [0.2, 0.25) is 11.8 Å². The van der Waals surface area contributed by atoms with Gasteiger partial charge in [0, 0.05) is 23.2 Å². The summed E-state index contributed by atoms with van der Waals surface area (Å²) in [5.41, 5.74) is 3.42. The lowest BCUT2D eigenvalue weighted by Crippen LogP contribution is -2.22. The molecule has 0 saturated heterocycles. The Morgan fingerprint density at radius 3 is 2.00 bits per heavy atom. The average molecular weight is 413 g/mol. The third-order valence-corrected chi connectivity index (χ3v) is 4.67. The zero-order valence-corrected chi connectivity index (χ0v) is 16.7. The van der Waals surface area contributed by atoms with Gasteiger partial charge in [-0.25, -0.2) is 4.79 Å². The molecule has 0 spiro atoms. The Balaban J connectivity index is 1.38. The summed E-state index contributed by atoms with van der Waals surface area (Å²) in [5, 5.41) is 11.0. The Morgan fingerprint density at radius 2 is 1.39 bits per heavy atom. The summed E-state index contributed by atoms with van der Waals surface area (Å²) in [7, 11) is 1.34. The summed E-state index contributed by atoms with van der Waals surface area (Å²) in [5.74, 6) is 0.221. The molecule has 0 bridgehead atoms. The maximum Gasteiger partial charge on any atom is 0.337 e. The smallest absolute Gasteiger partial charge is 0.337 e. The second kappa shape index (κ2) is 9.04. The van der Waals surface area contributed by atoms with Gasteiger partial charge < -0.3 is 14.5 Å². The minimum atomic E-state index is -0.396. The summed E-state index contributed by atoms with van der Waals surface area (Å²) in [6.07, 6.45) is 0. The van der Waals surface area contributed by atoms with Crippen LogP contribution in [0.1, 0.15) is 26.3 Å². The molecule has 3 aromatic carbocycles. The van der Waals surface area contributed by atoms with Crippen molar-refractivity contribution in [1.29, 1.82) is 0 Å². The van der Waals surface area contributed by atoms with Crippen molar-refractivity contribution >= 4 is 11.9 Å². The molecule has 4 aromatic rings. The molecule has 0 aliphatic rings. The number of esters is 1. The van der Waals surface area contributed by atoms with Gasteiger partial charge in [0.05, 0.1) is 12.7 Å². The van der Waals surface area contributed by atoms with Gasteiger partial charge in [-0.1, -0.05) is 30.3 Å². The van der Waals surface area contributed by atoms with E-state index in [1.807, 2.05) is 30.3 Å². The highest BCUT2D eigenvalue weighted by Crippen LogP contribution is 2.23. The molecule has 0 atom stereocenters. The van der Waals surface area contributed by atoms with Gasteiger partial charge in [-0.05, 0) is 54.1 Å². The van der Waals surface area contributed by atoms with Crippen LogP contribution in [-0.4, -0.2) is 29.2 Å². The Bertz CT molecular complexity index is 1180. The lowest BCUT2D eigenvalue weighted by Gasteiger charge is -2.07. The molecule has 7 heteroatoms. The molecular formula is C24H19N3O4. The van der Waals surface area contributed by atoms with Crippen molar-refractivity contribution in [3.05, 3.63) is 95.6 Å². The van der Waals surface area contributed by atoms with E-state index in [9.17, 15) is 9.59 Å². The van der Waals surface area contributed by atoms with Crippen LogP contribution in [0.5, 0.6) is 0 Å². The van der Waals surface area contributed by atoms with E-state index in [1.54, 1.807) is 48.5 Å². The van der Waals surface area contributed by atoms with Gasteiger partial charge in [-0.2, -0.15) is 0 Å². The van der Waals surface area contributed by atoms with Gasteiger partial charge in [-0.15, -0.1) is 10.2 Å². The fourth-order valence-corrected chi connectivity index (χ4v) is 2.96. The number of nitrogens with zero attached hydrogens (tertiary/aromatic N) is 2. The highest BCUT2D eigenvalue weighted by atomic mass is 16.5. The highest BCUT2D eigenvalue weighted by molar-refractivity contribution is 5.94. The lowest BCUT2D eigenvalue weighted by molar-refractivity contribution is 0.0600. The number of carbonyl (C=O) groups excluding carboxylic acids is 2. The van der Waals surface area contributed by atoms with Crippen LogP contribution in [0.25, 0.3) is 22.9 Å². The fourth-order valence-electron chi connectivity index (χ4n) is 2.96. The number of benzene rings is 3. The van der Waals surface area contributed by atoms with Gasteiger partial charge in [-0.3, -0.25) is 4.79 Å². The topological polar surface area (TPSA) is 94.3 Å². The van der Waals surface area contributed by atoms with E-state index in [1.165, 1.54) is 7.11 Å². The van der Waals surface area contributed by atoms with Crippen molar-refractivity contribution in [1.82, 2.24) is 15.5 Å².